The number of pyridine rings is 1. The van der Waals surface area contributed by atoms with Gasteiger partial charge >= 0.3 is 0 Å². The van der Waals surface area contributed by atoms with Crippen LogP contribution in [0.4, 0.5) is 0 Å². The van der Waals surface area contributed by atoms with E-state index in [1.807, 2.05) is 43.6 Å². The fraction of sp³-hybridized carbons (Fsp3) is 0.263. The number of methoxy groups -OCH3 is 1. The highest BCUT2D eigenvalue weighted by molar-refractivity contribution is 5.89. The van der Waals surface area contributed by atoms with Gasteiger partial charge in [-0.05, 0) is 47.9 Å². The number of nitrogens with zero attached hydrogens (tertiary/aromatic N) is 2. The van der Waals surface area contributed by atoms with Crippen LogP contribution >= 0.6 is 0 Å². The number of rotatable bonds is 6. The number of hydrogen-bond donors (Lipinski definition) is 1. The maximum absolute atomic E-state index is 12.5. The van der Waals surface area contributed by atoms with Crippen molar-refractivity contribution in [2.45, 2.75) is 12.8 Å². The highest BCUT2D eigenvalue weighted by Crippen LogP contribution is 2.24. The summed E-state index contributed by atoms with van der Waals surface area (Å²) in [6.45, 7) is 0.689. The first-order chi connectivity index (χ1) is 11.7. The van der Waals surface area contributed by atoms with Gasteiger partial charge in [-0.2, -0.15) is 0 Å². The molecule has 0 aliphatic carbocycles. The topological polar surface area (TPSA) is 58.2 Å². The normalized spacial score (nSPS) is 10.8. The number of benzene rings is 1. The zero-order chi connectivity index (χ0) is 16.9. The lowest BCUT2D eigenvalue weighted by atomic mass is 10.1. The summed E-state index contributed by atoms with van der Waals surface area (Å²) in [4.78, 5) is 21.5. The molecule has 5 heteroatoms. The first kappa shape index (κ1) is 16.1. The lowest BCUT2D eigenvalue weighted by Gasteiger charge is -2.17. The molecule has 2 aromatic heterocycles. The Hall–Kier alpha value is -2.82. The average Bonchev–Trinajstić information content (AvgIpc) is 3.02. The van der Waals surface area contributed by atoms with Crippen LogP contribution in [0.5, 0.6) is 5.75 Å². The van der Waals surface area contributed by atoms with Crippen LogP contribution in [0, 0.1) is 0 Å². The van der Waals surface area contributed by atoms with Crippen LogP contribution in [-0.2, 0) is 17.6 Å². The Labute approximate surface area is 141 Å². The molecule has 0 radical (unpaired) electrons. The molecule has 1 aromatic carbocycles. The first-order valence-corrected chi connectivity index (χ1v) is 7.94. The van der Waals surface area contributed by atoms with Gasteiger partial charge in [-0.15, -0.1) is 0 Å². The zero-order valence-electron chi connectivity index (χ0n) is 14.0. The number of fused-ring (bicyclic) bond motifs is 1. The number of aromatic nitrogens is 2. The van der Waals surface area contributed by atoms with Crippen molar-refractivity contribution in [3.63, 3.8) is 0 Å². The summed E-state index contributed by atoms with van der Waals surface area (Å²) in [7, 11) is 3.49. The van der Waals surface area contributed by atoms with Crippen LogP contribution in [0.15, 0.2) is 48.9 Å². The van der Waals surface area contributed by atoms with Crippen molar-refractivity contribution in [3.05, 3.63) is 60.0 Å². The summed E-state index contributed by atoms with van der Waals surface area (Å²) in [6, 6.07) is 9.79. The van der Waals surface area contributed by atoms with E-state index >= 15 is 0 Å². The minimum absolute atomic E-state index is 0.104. The van der Waals surface area contributed by atoms with Gasteiger partial charge in [-0.3, -0.25) is 9.78 Å². The molecule has 0 aliphatic rings. The maximum Gasteiger partial charge on any atom is 0.226 e. The average molecular weight is 323 g/mol. The predicted octanol–water partition coefficient (Wildman–Crippen LogP) is 2.82. The Balaban J connectivity index is 1.65. The number of carbonyl (C=O) groups is 1. The molecule has 1 amide bonds. The van der Waals surface area contributed by atoms with Crippen molar-refractivity contribution in [3.8, 4) is 5.75 Å². The molecule has 1 N–H and O–H groups in total. The summed E-state index contributed by atoms with van der Waals surface area (Å²) in [6.07, 6.45) is 6.65. The highest BCUT2D eigenvalue weighted by Gasteiger charge is 2.13. The summed E-state index contributed by atoms with van der Waals surface area (Å²) in [5.74, 6) is 0.898. The van der Waals surface area contributed by atoms with Crippen LogP contribution in [0.2, 0.25) is 0 Å². The molecule has 0 fully saturated rings. The summed E-state index contributed by atoms with van der Waals surface area (Å²) < 4.78 is 5.27. The first-order valence-electron chi connectivity index (χ1n) is 7.94. The van der Waals surface area contributed by atoms with E-state index in [2.05, 4.69) is 9.97 Å². The quantitative estimate of drug-likeness (QED) is 0.759. The molecule has 0 unspecified atom stereocenters. The monoisotopic (exact) mass is 323 g/mol. The Morgan fingerprint density at radius 2 is 2.04 bits per heavy atom. The molecule has 24 heavy (non-hydrogen) atoms. The molecule has 0 atom stereocenters. The van der Waals surface area contributed by atoms with Crippen molar-refractivity contribution in [1.29, 1.82) is 0 Å². The van der Waals surface area contributed by atoms with Gasteiger partial charge in [0.1, 0.15) is 5.75 Å². The van der Waals surface area contributed by atoms with Crippen molar-refractivity contribution in [2.75, 3.05) is 20.7 Å². The lowest BCUT2D eigenvalue weighted by molar-refractivity contribution is -0.129. The van der Waals surface area contributed by atoms with Gasteiger partial charge in [0.25, 0.3) is 0 Å². The number of aromatic amines is 1. The molecule has 124 valence electrons. The largest absolute Gasteiger partial charge is 0.497 e. The van der Waals surface area contributed by atoms with E-state index in [1.54, 1.807) is 24.4 Å². The Kier molecular flexibility index (Phi) is 4.79. The lowest BCUT2D eigenvalue weighted by Crippen LogP contribution is -2.30. The van der Waals surface area contributed by atoms with Gasteiger partial charge in [-0.1, -0.05) is 0 Å². The minimum Gasteiger partial charge on any atom is -0.497 e. The summed E-state index contributed by atoms with van der Waals surface area (Å²) in [5, 5.41) is 1.03. The number of ether oxygens (including phenoxy) is 1. The second-order valence-corrected chi connectivity index (χ2v) is 5.82. The third kappa shape index (κ3) is 3.56. The number of amides is 1. The third-order valence-corrected chi connectivity index (χ3v) is 4.23. The van der Waals surface area contributed by atoms with Gasteiger partial charge in [-0.25, -0.2) is 0 Å². The zero-order valence-corrected chi connectivity index (χ0v) is 14.0. The fourth-order valence-electron chi connectivity index (χ4n) is 2.70. The maximum atomic E-state index is 12.5. The van der Waals surface area contributed by atoms with Crippen LogP contribution in [-0.4, -0.2) is 41.5 Å². The van der Waals surface area contributed by atoms with Crippen molar-refractivity contribution in [2.24, 2.45) is 0 Å². The SMILES string of the molecule is COc1ccc2[nH]cc(CC(=O)N(C)CCc3ccncc3)c2c1. The van der Waals surface area contributed by atoms with Gasteiger partial charge in [0, 0.05) is 43.1 Å². The van der Waals surface area contributed by atoms with Crippen molar-refractivity contribution in [1.82, 2.24) is 14.9 Å². The van der Waals surface area contributed by atoms with Crippen molar-refractivity contribution >= 4 is 16.8 Å². The van der Waals surface area contributed by atoms with Crippen LogP contribution in [0.3, 0.4) is 0 Å². The van der Waals surface area contributed by atoms with E-state index in [9.17, 15) is 4.79 Å². The van der Waals surface area contributed by atoms with E-state index in [-0.39, 0.29) is 5.91 Å². The molecule has 3 rings (SSSR count). The third-order valence-electron chi connectivity index (χ3n) is 4.23. The standard InChI is InChI=1S/C19H21N3O2/c1-22(10-7-14-5-8-20-9-6-14)19(23)11-15-13-21-18-4-3-16(24-2)12-17(15)18/h3-6,8-9,12-13,21H,7,10-11H2,1-2H3. The van der Waals surface area contributed by atoms with E-state index in [4.69, 9.17) is 4.74 Å². The van der Waals surface area contributed by atoms with Gasteiger partial charge in [0.2, 0.25) is 5.91 Å². The molecular formula is C19H21N3O2. The number of carbonyl (C=O) groups excluding carboxylic acids is 1. The van der Waals surface area contributed by atoms with Crippen LogP contribution < -0.4 is 4.74 Å². The highest BCUT2D eigenvalue weighted by atomic mass is 16.5. The van der Waals surface area contributed by atoms with Gasteiger partial charge in [0.05, 0.1) is 13.5 Å². The number of likely N-dealkylation sites (N-methyl/N-ethyl adjacent to an activating group) is 1. The molecule has 0 aliphatic heterocycles. The summed E-state index contributed by atoms with van der Waals surface area (Å²) >= 11 is 0. The van der Waals surface area contributed by atoms with Crippen molar-refractivity contribution < 1.29 is 9.53 Å². The molecule has 0 saturated carbocycles. The number of hydrogen-bond acceptors (Lipinski definition) is 3. The number of nitrogens with one attached hydrogen (secondary N) is 1. The molecule has 5 nitrogen and oxygen atoms in total. The molecule has 2 heterocycles. The fourth-order valence-corrected chi connectivity index (χ4v) is 2.70. The Morgan fingerprint density at radius 3 is 2.79 bits per heavy atom. The predicted molar refractivity (Wildman–Crippen MR) is 94.1 cm³/mol. The molecular weight excluding hydrogens is 302 g/mol. The number of H-pyrrole nitrogens is 1. The van der Waals surface area contributed by atoms with E-state index in [0.717, 1.165) is 28.6 Å². The van der Waals surface area contributed by atoms with Crippen LogP contribution in [0.1, 0.15) is 11.1 Å². The molecule has 0 spiro atoms. The van der Waals surface area contributed by atoms with Crippen LogP contribution in [0.25, 0.3) is 10.9 Å². The second-order valence-electron chi connectivity index (χ2n) is 5.82. The van der Waals surface area contributed by atoms with Gasteiger partial charge in [0.15, 0.2) is 0 Å². The van der Waals surface area contributed by atoms with Gasteiger partial charge < -0.3 is 14.6 Å². The Bertz CT molecular complexity index is 827. The van der Waals surface area contributed by atoms with E-state index in [1.165, 1.54) is 5.56 Å². The minimum atomic E-state index is 0.104. The smallest absolute Gasteiger partial charge is 0.226 e. The molecule has 0 saturated heterocycles. The Morgan fingerprint density at radius 1 is 1.25 bits per heavy atom. The molecule has 0 bridgehead atoms. The summed E-state index contributed by atoms with van der Waals surface area (Å²) in [5.41, 5.74) is 3.18. The van der Waals surface area contributed by atoms with E-state index < -0.39 is 0 Å². The van der Waals surface area contributed by atoms with E-state index in [0.29, 0.717) is 13.0 Å². The molecule has 3 aromatic rings. The second kappa shape index (κ2) is 7.17.